The van der Waals surface area contributed by atoms with E-state index in [9.17, 15) is 23.1 Å². The molecule has 21 heavy (non-hydrogen) atoms. The van der Waals surface area contributed by atoms with Gasteiger partial charge in [0.2, 0.25) is 0 Å². The number of hydrogen-bond donors (Lipinski definition) is 2. The van der Waals surface area contributed by atoms with Gasteiger partial charge >= 0.3 is 6.18 Å². The molecule has 1 heterocycles. The van der Waals surface area contributed by atoms with Crippen LogP contribution in [0.25, 0.3) is 0 Å². The molecule has 1 atom stereocenters. The van der Waals surface area contributed by atoms with Crippen molar-refractivity contribution < 1.29 is 23.1 Å². The summed E-state index contributed by atoms with van der Waals surface area (Å²) in [4.78, 5) is 11.9. The van der Waals surface area contributed by atoms with E-state index < -0.39 is 23.8 Å². The van der Waals surface area contributed by atoms with E-state index in [0.29, 0.717) is 0 Å². The number of aliphatic hydroxyl groups excluding tert-OH is 1. The van der Waals surface area contributed by atoms with Gasteiger partial charge in [-0.3, -0.25) is 4.79 Å². The van der Waals surface area contributed by atoms with Crippen LogP contribution in [0.15, 0.2) is 30.5 Å². The third kappa shape index (κ3) is 3.99. The van der Waals surface area contributed by atoms with Gasteiger partial charge in [-0.05, 0) is 29.2 Å². The van der Waals surface area contributed by atoms with Crippen molar-refractivity contribution in [3.8, 4) is 0 Å². The molecule has 1 aromatic heterocycles. The quantitative estimate of drug-likeness (QED) is 0.905. The molecule has 0 radical (unpaired) electrons. The molecule has 1 amide bonds. The van der Waals surface area contributed by atoms with Gasteiger partial charge in [-0.25, -0.2) is 0 Å². The van der Waals surface area contributed by atoms with Crippen molar-refractivity contribution in [3.63, 3.8) is 0 Å². The van der Waals surface area contributed by atoms with Crippen LogP contribution in [0.1, 0.15) is 26.9 Å². The van der Waals surface area contributed by atoms with Crippen molar-refractivity contribution in [2.75, 3.05) is 6.54 Å². The molecular weight excluding hydrogens is 307 g/mol. The molecule has 0 aliphatic heterocycles. The average Bonchev–Trinajstić information content (AvgIpc) is 2.98. The average molecular weight is 317 g/mol. The van der Waals surface area contributed by atoms with Crippen LogP contribution < -0.4 is 5.32 Å². The third-order valence-electron chi connectivity index (χ3n) is 2.64. The number of nitrogens with zero attached hydrogens (tertiary/aromatic N) is 2. The summed E-state index contributed by atoms with van der Waals surface area (Å²) in [7, 11) is 0. The Kier molecular flexibility index (Phi) is 4.53. The fourth-order valence-electron chi connectivity index (χ4n) is 1.58. The zero-order chi connectivity index (χ0) is 15.5. The van der Waals surface area contributed by atoms with Crippen LogP contribution in [-0.4, -0.2) is 27.1 Å². The minimum absolute atomic E-state index is 0.0764. The fourth-order valence-corrected chi connectivity index (χ4v) is 2.02. The molecule has 1 unspecified atom stereocenters. The van der Waals surface area contributed by atoms with Crippen molar-refractivity contribution >= 4 is 17.4 Å². The second-order valence-corrected chi connectivity index (χ2v) is 4.92. The maximum absolute atomic E-state index is 12.6. The second kappa shape index (κ2) is 6.19. The highest BCUT2D eigenvalue weighted by Gasteiger charge is 2.30. The van der Waals surface area contributed by atoms with Crippen molar-refractivity contribution in [2.24, 2.45) is 0 Å². The molecule has 112 valence electrons. The van der Waals surface area contributed by atoms with E-state index in [2.05, 4.69) is 14.9 Å². The van der Waals surface area contributed by atoms with Crippen LogP contribution in [-0.2, 0) is 6.18 Å². The summed E-state index contributed by atoms with van der Waals surface area (Å²) in [6, 6.07) is 4.33. The number of aromatic nitrogens is 2. The van der Waals surface area contributed by atoms with Crippen LogP contribution in [0, 0.1) is 0 Å². The van der Waals surface area contributed by atoms with Gasteiger partial charge in [0.25, 0.3) is 5.91 Å². The van der Waals surface area contributed by atoms with E-state index >= 15 is 0 Å². The van der Waals surface area contributed by atoms with Gasteiger partial charge in [0.1, 0.15) is 4.88 Å². The Hall–Kier alpha value is -2.00. The number of alkyl halides is 3. The van der Waals surface area contributed by atoms with Crippen molar-refractivity contribution in [2.45, 2.75) is 12.3 Å². The summed E-state index contributed by atoms with van der Waals surface area (Å²) in [6.45, 7) is -0.210. The highest BCUT2D eigenvalue weighted by molar-refractivity contribution is 7.07. The Labute approximate surface area is 121 Å². The SMILES string of the molecule is O=C(NCC(O)c1cccc(C(F)(F)F)c1)c1cnns1. The van der Waals surface area contributed by atoms with E-state index in [1.165, 1.54) is 18.3 Å². The van der Waals surface area contributed by atoms with Gasteiger partial charge in [-0.15, -0.1) is 5.10 Å². The number of benzene rings is 1. The van der Waals surface area contributed by atoms with Crippen molar-refractivity contribution in [1.29, 1.82) is 0 Å². The zero-order valence-electron chi connectivity index (χ0n) is 10.5. The van der Waals surface area contributed by atoms with E-state index in [1.54, 1.807) is 0 Å². The largest absolute Gasteiger partial charge is 0.416 e. The zero-order valence-corrected chi connectivity index (χ0v) is 11.3. The van der Waals surface area contributed by atoms with Crippen LogP contribution in [0.3, 0.4) is 0 Å². The maximum Gasteiger partial charge on any atom is 0.416 e. The van der Waals surface area contributed by atoms with Crippen LogP contribution in [0.4, 0.5) is 13.2 Å². The molecule has 2 N–H and O–H groups in total. The first-order chi connectivity index (χ1) is 9.88. The predicted molar refractivity (Wildman–Crippen MR) is 68.6 cm³/mol. The van der Waals surface area contributed by atoms with Crippen LogP contribution in [0.5, 0.6) is 0 Å². The number of amides is 1. The Morgan fingerprint density at radius 2 is 2.19 bits per heavy atom. The van der Waals surface area contributed by atoms with Crippen molar-refractivity contribution in [1.82, 2.24) is 14.9 Å². The molecule has 2 aromatic rings. The van der Waals surface area contributed by atoms with Crippen LogP contribution in [0.2, 0.25) is 0 Å². The van der Waals surface area contributed by atoms with Gasteiger partial charge in [0.15, 0.2) is 0 Å². The Morgan fingerprint density at radius 3 is 2.81 bits per heavy atom. The molecule has 0 fully saturated rings. The third-order valence-corrected chi connectivity index (χ3v) is 3.30. The van der Waals surface area contributed by atoms with Crippen molar-refractivity contribution in [3.05, 3.63) is 46.5 Å². The summed E-state index contributed by atoms with van der Waals surface area (Å²) < 4.78 is 41.2. The van der Waals surface area contributed by atoms with Crippen LogP contribution >= 0.6 is 11.5 Å². The topological polar surface area (TPSA) is 75.1 Å². The summed E-state index contributed by atoms with van der Waals surface area (Å²) in [5.74, 6) is -0.490. The molecule has 0 aliphatic rings. The van der Waals surface area contributed by atoms with Gasteiger partial charge in [0, 0.05) is 6.54 Å². The lowest BCUT2D eigenvalue weighted by Crippen LogP contribution is -2.27. The van der Waals surface area contributed by atoms with E-state index in [-0.39, 0.29) is 17.0 Å². The Bertz CT molecular complexity index is 616. The molecular formula is C12H10F3N3O2S. The first-order valence-electron chi connectivity index (χ1n) is 5.78. The molecule has 0 saturated heterocycles. The summed E-state index contributed by atoms with van der Waals surface area (Å²) in [6.07, 6.45) is -4.46. The molecule has 0 spiro atoms. The number of rotatable bonds is 4. The predicted octanol–water partition coefficient (Wildman–Crippen LogP) is 2.02. The molecule has 0 saturated carbocycles. The normalized spacial score (nSPS) is 13.0. The van der Waals surface area contributed by atoms with Gasteiger partial charge in [-0.1, -0.05) is 16.6 Å². The number of nitrogens with one attached hydrogen (secondary N) is 1. The number of aliphatic hydroxyl groups is 1. The molecule has 1 aromatic carbocycles. The summed E-state index contributed by atoms with van der Waals surface area (Å²) >= 11 is 0.881. The van der Waals surface area contributed by atoms with Gasteiger partial charge in [-0.2, -0.15) is 13.2 Å². The lowest BCUT2D eigenvalue weighted by Gasteiger charge is -2.14. The fraction of sp³-hybridized carbons (Fsp3) is 0.250. The second-order valence-electron chi connectivity index (χ2n) is 4.13. The molecule has 0 bridgehead atoms. The number of hydrogen-bond acceptors (Lipinski definition) is 5. The molecule has 2 rings (SSSR count). The standard InChI is InChI=1S/C12H10F3N3O2S/c13-12(14,15)8-3-1-2-7(4-8)9(19)5-16-11(20)10-6-17-18-21-10/h1-4,6,9,19H,5H2,(H,16,20). The minimum Gasteiger partial charge on any atom is -0.387 e. The lowest BCUT2D eigenvalue weighted by molar-refractivity contribution is -0.137. The molecule has 5 nitrogen and oxygen atoms in total. The summed E-state index contributed by atoms with van der Waals surface area (Å²) in [5.41, 5.74) is -0.774. The Morgan fingerprint density at radius 1 is 1.43 bits per heavy atom. The first kappa shape index (κ1) is 15.4. The number of halogens is 3. The lowest BCUT2D eigenvalue weighted by atomic mass is 10.1. The minimum atomic E-state index is -4.48. The summed E-state index contributed by atoms with van der Waals surface area (Å²) in [5, 5.41) is 15.7. The number of carbonyl (C=O) groups excluding carboxylic acids is 1. The van der Waals surface area contributed by atoms with E-state index in [4.69, 9.17) is 0 Å². The monoisotopic (exact) mass is 317 g/mol. The smallest absolute Gasteiger partial charge is 0.387 e. The van der Waals surface area contributed by atoms with Gasteiger partial charge < -0.3 is 10.4 Å². The van der Waals surface area contributed by atoms with Gasteiger partial charge in [0.05, 0.1) is 17.9 Å². The van der Waals surface area contributed by atoms with E-state index in [1.807, 2.05) is 0 Å². The Balaban J connectivity index is 2.00. The number of carbonyl (C=O) groups is 1. The highest BCUT2D eigenvalue weighted by atomic mass is 32.1. The molecule has 9 heteroatoms. The molecule has 0 aliphatic carbocycles. The maximum atomic E-state index is 12.6. The van der Waals surface area contributed by atoms with E-state index in [0.717, 1.165) is 23.7 Å². The highest BCUT2D eigenvalue weighted by Crippen LogP contribution is 2.30. The first-order valence-corrected chi connectivity index (χ1v) is 6.56.